The molecule has 1 N–H and O–H groups in total. The highest BCUT2D eigenvalue weighted by atomic mass is 35.5. The van der Waals surface area contributed by atoms with Crippen LogP contribution in [0.1, 0.15) is 30.0 Å². The van der Waals surface area contributed by atoms with E-state index in [0.717, 1.165) is 17.8 Å². The smallest absolute Gasteiger partial charge is 0.129 e. The maximum absolute atomic E-state index is 10.2. The Morgan fingerprint density at radius 2 is 2.11 bits per heavy atom. The third-order valence-electron chi connectivity index (χ3n) is 3.02. The van der Waals surface area contributed by atoms with Gasteiger partial charge in [-0.1, -0.05) is 36.2 Å². The summed E-state index contributed by atoms with van der Waals surface area (Å²) in [5.41, 5.74) is 2.38. The van der Waals surface area contributed by atoms with Crippen LogP contribution in [0.2, 0.25) is 10.2 Å². The summed E-state index contributed by atoms with van der Waals surface area (Å²) in [7, 11) is 1.83. The van der Waals surface area contributed by atoms with Crippen LogP contribution in [0.15, 0.2) is 18.3 Å². The Balaban J connectivity index is 2.21. The van der Waals surface area contributed by atoms with Gasteiger partial charge in [-0.2, -0.15) is 5.10 Å². The molecule has 0 aliphatic rings. The molecule has 0 saturated heterocycles. The van der Waals surface area contributed by atoms with Gasteiger partial charge in [0.15, 0.2) is 0 Å². The molecule has 0 saturated carbocycles. The van der Waals surface area contributed by atoms with E-state index >= 15 is 0 Å². The lowest BCUT2D eigenvalue weighted by Gasteiger charge is -2.11. The highest BCUT2D eigenvalue weighted by Crippen LogP contribution is 2.26. The van der Waals surface area contributed by atoms with Gasteiger partial charge >= 0.3 is 0 Å². The predicted octanol–water partition coefficient (Wildman–Crippen LogP) is 2.96. The molecule has 0 spiro atoms. The van der Waals surface area contributed by atoms with Gasteiger partial charge in [-0.15, -0.1) is 0 Å². The van der Waals surface area contributed by atoms with E-state index < -0.39 is 6.10 Å². The molecule has 1 unspecified atom stereocenters. The molecule has 6 heteroatoms. The van der Waals surface area contributed by atoms with Crippen LogP contribution in [0.5, 0.6) is 0 Å². The monoisotopic (exact) mass is 299 g/mol. The molecule has 19 heavy (non-hydrogen) atoms. The van der Waals surface area contributed by atoms with E-state index in [2.05, 4.69) is 10.1 Å². The quantitative estimate of drug-likeness (QED) is 0.883. The van der Waals surface area contributed by atoms with Gasteiger partial charge in [0.1, 0.15) is 5.15 Å². The van der Waals surface area contributed by atoms with Crippen LogP contribution in [0.4, 0.5) is 0 Å². The molecule has 2 aromatic heterocycles. The fraction of sp³-hybridized carbons (Fsp3) is 0.385. The normalized spacial score (nSPS) is 12.7. The first kappa shape index (κ1) is 14.3. The molecule has 4 nitrogen and oxygen atoms in total. The standard InChI is InChI=1S/C13H15Cl2N3O/c1-3-9-13(15)10(18(2)17-9)6-11(19)8-4-5-12(14)16-7-8/h4-5,7,11,19H,3,6H2,1-2H3. The fourth-order valence-corrected chi connectivity index (χ4v) is 2.41. The molecule has 102 valence electrons. The molecule has 0 radical (unpaired) electrons. The summed E-state index contributed by atoms with van der Waals surface area (Å²) in [6.45, 7) is 2.00. The summed E-state index contributed by atoms with van der Waals surface area (Å²) in [5.74, 6) is 0. The number of aliphatic hydroxyl groups is 1. The minimum absolute atomic E-state index is 0.394. The van der Waals surface area contributed by atoms with Crippen molar-refractivity contribution in [2.75, 3.05) is 0 Å². The van der Waals surface area contributed by atoms with Crippen molar-refractivity contribution in [1.82, 2.24) is 14.8 Å². The summed E-state index contributed by atoms with van der Waals surface area (Å²) < 4.78 is 1.72. The highest BCUT2D eigenvalue weighted by Gasteiger charge is 2.17. The number of rotatable bonds is 4. The van der Waals surface area contributed by atoms with Gasteiger partial charge in [-0.3, -0.25) is 4.68 Å². The largest absolute Gasteiger partial charge is 0.388 e. The zero-order valence-electron chi connectivity index (χ0n) is 10.8. The second-order valence-electron chi connectivity index (χ2n) is 4.32. The summed E-state index contributed by atoms with van der Waals surface area (Å²) >= 11 is 12.0. The zero-order valence-corrected chi connectivity index (χ0v) is 12.3. The molecule has 0 aliphatic heterocycles. The number of nitrogens with zero attached hydrogens (tertiary/aromatic N) is 3. The van der Waals surface area contributed by atoms with E-state index in [1.807, 2.05) is 14.0 Å². The third kappa shape index (κ3) is 3.08. The first-order valence-corrected chi connectivity index (χ1v) is 6.78. The number of halogens is 2. The first-order chi connectivity index (χ1) is 9.02. The maximum atomic E-state index is 10.2. The lowest BCUT2D eigenvalue weighted by molar-refractivity contribution is 0.175. The third-order valence-corrected chi connectivity index (χ3v) is 3.68. The average molecular weight is 300 g/mol. The molecule has 2 rings (SSSR count). The van der Waals surface area contributed by atoms with Crippen molar-refractivity contribution in [2.45, 2.75) is 25.9 Å². The molecule has 0 bridgehead atoms. The van der Waals surface area contributed by atoms with E-state index in [9.17, 15) is 5.11 Å². The predicted molar refractivity (Wildman–Crippen MR) is 75.5 cm³/mol. The van der Waals surface area contributed by atoms with Crippen LogP contribution < -0.4 is 0 Å². The van der Waals surface area contributed by atoms with Gasteiger partial charge in [0, 0.05) is 19.7 Å². The second kappa shape index (κ2) is 5.90. The molecule has 2 heterocycles. The van der Waals surface area contributed by atoms with Crippen molar-refractivity contribution in [3.63, 3.8) is 0 Å². The molecule has 0 fully saturated rings. The number of pyridine rings is 1. The minimum atomic E-state index is -0.678. The van der Waals surface area contributed by atoms with E-state index in [4.69, 9.17) is 23.2 Å². The van der Waals surface area contributed by atoms with Gasteiger partial charge in [-0.25, -0.2) is 4.98 Å². The number of aromatic nitrogens is 3. The molecular formula is C13H15Cl2N3O. The molecule has 0 aliphatic carbocycles. The summed E-state index contributed by atoms with van der Waals surface area (Å²) in [4.78, 5) is 3.96. The van der Waals surface area contributed by atoms with E-state index in [0.29, 0.717) is 22.2 Å². The number of hydrogen-bond acceptors (Lipinski definition) is 3. The molecule has 2 aromatic rings. The lowest BCUT2D eigenvalue weighted by Crippen LogP contribution is -2.07. The van der Waals surface area contributed by atoms with E-state index in [1.54, 1.807) is 23.0 Å². The SMILES string of the molecule is CCc1nn(C)c(CC(O)c2ccc(Cl)nc2)c1Cl. The number of aliphatic hydroxyl groups excluding tert-OH is 1. The van der Waals surface area contributed by atoms with E-state index in [-0.39, 0.29) is 0 Å². The van der Waals surface area contributed by atoms with Gasteiger partial charge < -0.3 is 5.11 Å². The van der Waals surface area contributed by atoms with Crippen LogP contribution in [-0.4, -0.2) is 19.9 Å². The van der Waals surface area contributed by atoms with Crippen molar-refractivity contribution in [2.24, 2.45) is 7.05 Å². The minimum Gasteiger partial charge on any atom is -0.388 e. The van der Waals surface area contributed by atoms with Crippen molar-refractivity contribution >= 4 is 23.2 Å². The maximum Gasteiger partial charge on any atom is 0.129 e. The number of hydrogen-bond donors (Lipinski definition) is 1. The lowest BCUT2D eigenvalue weighted by atomic mass is 10.1. The van der Waals surface area contributed by atoms with Crippen LogP contribution in [0.25, 0.3) is 0 Å². The van der Waals surface area contributed by atoms with Crippen LogP contribution in [0.3, 0.4) is 0 Å². The van der Waals surface area contributed by atoms with E-state index in [1.165, 1.54) is 0 Å². The number of aryl methyl sites for hydroxylation is 2. The Kier molecular flexibility index (Phi) is 4.45. The Labute approximate surface area is 122 Å². The molecular weight excluding hydrogens is 285 g/mol. The van der Waals surface area contributed by atoms with Crippen LogP contribution in [0, 0.1) is 0 Å². The van der Waals surface area contributed by atoms with Gasteiger partial charge in [0.05, 0.1) is 22.5 Å². The van der Waals surface area contributed by atoms with Crippen molar-refractivity contribution in [3.05, 3.63) is 45.5 Å². The molecule has 0 amide bonds. The zero-order chi connectivity index (χ0) is 14.0. The Morgan fingerprint density at radius 3 is 2.63 bits per heavy atom. The Bertz CT molecular complexity index is 566. The van der Waals surface area contributed by atoms with Crippen molar-refractivity contribution in [3.8, 4) is 0 Å². The van der Waals surface area contributed by atoms with Gasteiger partial charge in [0.2, 0.25) is 0 Å². The summed E-state index contributed by atoms with van der Waals surface area (Å²) in [5, 5.41) is 15.6. The van der Waals surface area contributed by atoms with Crippen LogP contribution >= 0.6 is 23.2 Å². The molecule has 1 atom stereocenters. The Hall–Kier alpha value is -1.10. The van der Waals surface area contributed by atoms with Crippen molar-refractivity contribution in [1.29, 1.82) is 0 Å². The van der Waals surface area contributed by atoms with Crippen LogP contribution in [-0.2, 0) is 19.9 Å². The highest BCUT2D eigenvalue weighted by molar-refractivity contribution is 6.31. The summed E-state index contributed by atoms with van der Waals surface area (Å²) in [6, 6.07) is 3.41. The topological polar surface area (TPSA) is 50.9 Å². The summed E-state index contributed by atoms with van der Waals surface area (Å²) in [6.07, 6.45) is 2.05. The molecule has 0 aromatic carbocycles. The van der Waals surface area contributed by atoms with Gasteiger partial charge in [-0.05, 0) is 18.1 Å². The van der Waals surface area contributed by atoms with Gasteiger partial charge in [0.25, 0.3) is 0 Å². The average Bonchev–Trinajstić information content (AvgIpc) is 2.67. The fourth-order valence-electron chi connectivity index (χ4n) is 1.93. The van der Waals surface area contributed by atoms with Crippen molar-refractivity contribution < 1.29 is 5.11 Å². The Morgan fingerprint density at radius 1 is 1.37 bits per heavy atom. The second-order valence-corrected chi connectivity index (χ2v) is 5.08. The first-order valence-electron chi connectivity index (χ1n) is 6.02.